The van der Waals surface area contributed by atoms with Gasteiger partial charge in [0.15, 0.2) is 0 Å². The van der Waals surface area contributed by atoms with E-state index in [0.717, 1.165) is 0 Å². The van der Waals surface area contributed by atoms with E-state index in [2.05, 4.69) is 26.6 Å². The van der Waals surface area contributed by atoms with E-state index in [1.807, 2.05) is 6.07 Å². The van der Waals surface area contributed by atoms with Crippen molar-refractivity contribution < 1.29 is 14.7 Å². The Morgan fingerprint density at radius 1 is 1.53 bits per heavy atom. The van der Waals surface area contributed by atoms with Gasteiger partial charge in [0, 0.05) is 4.47 Å². The summed E-state index contributed by atoms with van der Waals surface area (Å²) >= 11 is 3.22. The molecule has 0 aromatic heterocycles. The Morgan fingerprint density at radius 2 is 2.21 bits per heavy atom. The molecule has 6 nitrogen and oxygen atoms in total. The first-order valence-electron chi connectivity index (χ1n) is 5.48. The molecule has 0 radical (unpaired) electrons. The average Bonchev–Trinajstić information content (AvgIpc) is 2.37. The quantitative estimate of drug-likeness (QED) is 0.790. The van der Waals surface area contributed by atoms with Gasteiger partial charge in [-0.3, -0.25) is 0 Å². The highest BCUT2D eigenvalue weighted by molar-refractivity contribution is 9.10. The van der Waals surface area contributed by atoms with Crippen molar-refractivity contribution in [2.45, 2.75) is 19.4 Å². The third-order valence-corrected chi connectivity index (χ3v) is 2.86. The normalized spacial score (nSPS) is 11.2. The van der Waals surface area contributed by atoms with E-state index >= 15 is 0 Å². The summed E-state index contributed by atoms with van der Waals surface area (Å²) in [5.41, 5.74) is 0.608. The van der Waals surface area contributed by atoms with Crippen LogP contribution >= 0.6 is 15.9 Å². The standard InChI is InChI=1S/C12H12BrN3O3/c1-2-9(11(17)18)15-12(19)16-10-4-3-8(13)5-7(10)6-14/h3-5,9H,2H2,1H3,(H,17,18)(H2,15,16,19). The number of carbonyl (C=O) groups excluding carboxylic acids is 1. The number of carboxylic acids is 1. The van der Waals surface area contributed by atoms with E-state index in [-0.39, 0.29) is 12.0 Å². The van der Waals surface area contributed by atoms with Crippen LogP contribution in [0.3, 0.4) is 0 Å². The fourth-order valence-electron chi connectivity index (χ4n) is 1.37. The lowest BCUT2D eigenvalue weighted by atomic mass is 10.2. The summed E-state index contributed by atoms with van der Waals surface area (Å²) in [5, 5.41) is 22.5. The second-order valence-corrected chi connectivity index (χ2v) is 4.61. The molecule has 0 fully saturated rings. The number of carbonyl (C=O) groups is 2. The van der Waals surface area contributed by atoms with Gasteiger partial charge in [-0.1, -0.05) is 22.9 Å². The second-order valence-electron chi connectivity index (χ2n) is 3.70. The molecule has 1 rings (SSSR count). The number of aliphatic carboxylic acids is 1. The molecule has 7 heteroatoms. The fourth-order valence-corrected chi connectivity index (χ4v) is 1.73. The van der Waals surface area contributed by atoms with Crippen molar-refractivity contribution in [3.63, 3.8) is 0 Å². The van der Waals surface area contributed by atoms with Gasteiger partial charge in [-0.2, -0.15) is 5.26 Å². The van der Waals surface area contributed by atoms with Crippen LogP contribution in [0.1, 0.15) is 18.9 Å². The summed E-state index contributed by atoms with van der Waals surface area (Å²) in [6, 6.07) is 5.12. The molecule has 3 N–H and O–H groups in total. The smallest absolute Gasteiger partial charge is 0.326 e. The third-order valence-electron chi connectivity index (χ3n) is 2.36. The molecule has 2 amide bonds. The maximum absolute atomic E-state index is 11.6. The number of rotatable bonds is 4. The highest BCUT2D eigenvalue weighted by Gasteiger charge is 2.18. The van der Waals surface area contributed by atoms with E-state index in [1.165, 1.54) is 0 Å². The number of carboxylic acid groups (broad SMARTS) is 1. The Morgan fingerprint density at radius 3 is 2.74 bits per heavy atom. The van der Waals surface area contributed by atoms with Gasteiger partial charge in [0.05, 0.1) is 11.3 Å². The van der Waals surface area contributed by atoms with Gasteiger partial charge >= 0.3 is 12.0 Å². The Balaban J connectivity index is 2.78. The Labute approximate surface area is 118 Å². The van der Waals surface area contributed by atoms with E-state index < -0.39 is 18.0 Å². The van der Waals surface area contributed by atoms with Crippen molar-refractivity contribution in [2.75, 3.05) is 5.32 Å². The maximum atomic E-state index is 11.6. The number of nitriles is 1. The molecule has 1 aromatic carbocycles. The van der Waals surface area contributed by atoms with E-state index in [1.54, 1.807) is 25.1 Å². The van der Waals surface area contributed by atoms with Crippen LogP contribution in [0.25, 0.3) is 0 Å². The first-order valence-corrected chi connectivity index (χ1v) is 6.27. The summed E-state index contributed by atoms with van der Waals surface area (Å²) in [6.45, 7) is 1.65. The van der Waals surface area contributed by atoms with Crippen LogP contribution in [0.15, 0.2) is 22.7 Å². The zero-order chi connectivity index (χ0) is 14.4. The Kier molecular flexibility index (Phi) is 5.33. The van der Waals surface area contributed by atoms with Gasteiger partial charge in [-0.25, -0.2) is 9.59 Å². The van der Waals surface area contributed by atoms with Gasteiger partial charge in [0.25, 0.3) is 0 Å². The average molecular weight is 326 g/mol. The van der Waals surface area contributed by atoms with Crippen molar-refractivity contribution in [1.82, 2.24) is 5.32 Å². The SMILES string of the molecule is CCC(NC(=O)Nc1ccc(Br)cc1C#N)C(=O)O. The lowest BCUT2D eigenvalue weighted by Gasteiger charge is -2.13. The molecule has 0 aliphatic carbocycles. The lowest BCUT2D eigenvalue weighted by Crippen LogP contribution is -2.42. The molecule has 19 heavy (non-hydrogen) atoms. The highest BCUT2D eigenvalue weighted by atomic mass is 79.9. The summed E-state index contributed by atoms with van der Waals surface area (Å²) in [7, 11) is 0. The van der Waals surface area contributed by atoms with E-state index in [4.69, 9.17) is 10.4 Å². The zero-order valence-corrected chi connectivity index (χ0v) is 11.7. The minimum absolute atomic E-state index is 0.272. The van der Waals surface area contributed by atoms with Crippen LogP contribution in [-0.2, 0) is 4.79 Å². The summed E-state index contributed by atoms with van der Waals surface area (Å²) in [4.78, 5) is 22.4. The molecular formula is C12H12BrN3O3. The van der Waals surface area contributed by atoms with Gasteiger partial charge in [0.2, 0.25) is 0 Å². The molecule has 1 unspecified atom stereocenters. The van der Waals surface area contributed by atoms with Crippen molar-refractivity contribution in [2.24, 2.45) is 0 Å². The van der Waals surface area contributed by atoms with Crippen LogP contribution in [0, 0.1) is 11.3 Å². The lowest BCUT2D eigenvalue weighted by molar-refractivity contribution is -0.139. The number of benzene rings is 1. The molecule has 0 aliphatic rings. The summed E-state index contributed by atoms with van der Waals surface area (Å²) in [6.07, 6.45) is 0.272. The predicted molar refractivity (Wildman–Crippen MR) is 72.7 cm³/mol. The minimum atomic E-state index is -1.10. The molecule has 0 saturated heterocycles. The molecule has 1 aromatic rings. The monoisotopic (exact) mass is 325 g/mol. The number of halogens is 1. The number of amides is 2. The molecule has 100 valence electrons. The van der Waals surface area contributed by atoms with Crippen LogP contribution in [-0.4, -0.2) is 23.1 Å². The summed E-state index contributed by atoms with van der Waals surface area (Å²) < 4.78 is 0.715. The van der Waals surface area contributed by atoms with Crippen LogP contribution in [0.5, 0.6) is 0 Å². The number of nitrogens with one attached hydrogen (secondary N) is 2. The van der Waals surface area contributed by atoms with Gasteiger partial charge in [-0.05, 0) is 24.6 Å². The third kappa shape index (κ3) is 4.26. The Hall–Kier alpha value is -2.07. The van der Waals surface area contributed by atoms with Crippen molar-refractivity contribution in [3.05, 3.63) is 28.2 Å². The summed E-state index contributed by atoms with van der Waals surface area (Å²) in [5.74, 6) is -1.10. The van der Waals surface area contributed by atoms with Crippen molar-refractivity contribution in [1.29, 1.82) is 5.26 Å². The van der Waals surface area contributed by atoms with Gasteiger partial charge in [-0.15, -0.1) is 0 Å². The molecule has 0 saturated carbocycles. The van der Waals surface area contributed by atoms with Crippen LogP contribution < -0.4 is 10.6 Å². The number of hydrogen-bond donors (Lipinski definition) is 3. The highest BCUT2D eigenvalue weighted by Crippen LogP contribution is 2.20. The largest absolute Gasteiger partial charge is 0.480 e. The number of nitrogens with zero attached hydrogens (tertiary/aromatic N) is 1. The fraction of sp³-hybridized carbons (Fsp3) is 0.250. The topological polar surface area (TPSA) is 102 Å². The second kappa shape index (κ2) is 6.75. The molecule has 1 atom stereocenters. The number of urea groups is 1. The van der Waals surface area contributed by atoms with Gasteiger partial charge < -0.3 is 15.7 Å². The van der Waals surface area contributed by atoms with Crippen LogP contribution in [0.4, 0.5) is 10.5 Å². The van der Waals surface area contributed by atoms with E-state index in [0.29, 0.717) is 10.2 Å². The van der Waals surface area contributed by atoms with Gasteiger partial charge in [0.1, 0.15) is 12.1 Å². The number of hydrogen-bond acceptors (Lipinski definition) is 3. The van der Waals surface area contributed by atoms with Crippen molar-refractivity contribution in [3.8, 4) is 6.07 Å². The number of anilines is 1. The molecule has 0 spiro atoms. The maximum Gasteiger partial charge on any atom is 0.326 e. The first kappa shape index (κ1) is 15.0. The molecular weight excluding hydrogens is 314 g/mol. The van der Waals surface area contributed by atoms with Crippen molar-refractivity contribution >= 4 is 33.6 Å². The minimum Gasteiger partial charge on any atom is -0.480 e. The molecule has 0 aliphatic heterocycles. The first-order chi connectivity index (χ1) is 8.97. The molecule has 0 bridgehead atoms. The predicted octanol–water partition coefficient (Wildman–Crippen LogP) is 2.31. The Bertz CT molecular complexity index is 540. The zero-order valence-electron chi connectivity index (χ0n) is 10.1. The van der Waals surface area contributed by atoms with E-state index in [9.17, 15) is 9.59 Å². The molecule has 0 heterocycles. The van der Waals surface area contributed by atoms with Crippen LogP contribution in [0.2, 0.25) is 0 Å².